The van der Waals surface area contributed by atoms with Gasteiger partial charge in [-0.25, -0.2) is 4.79 Å². The molecule has 1 aliphatic heterocycles. The highest BCUT2D eigenvalue weighted by Crippen LogP contribution is 2.32. The fourth-order valence-electron chi connectivity index (χ4n) is 2.83. The Bertz CT molecular complexity index is 916. The molecule has 4 amide bonds. The molecule has 0 spiro atoms. The molecule has 1 aliphatic rings. The standard InChI is InChI=1S/C20H23Cl2N3O6/c1-10(25-17(28)11-6-13(21)14(22)7-12(11)18(25)29)19(30)31-9-16(27)24(5)8-15(26)23-20(2,3)4/h6-7,10H,8-9H2,1-5H3,(H,23,26)/t10-/m0/s1. The van der Waals surface area contributed by atoms with Gasteiger partial charge >= 0.3 is 5.97 Å². The van der Waals surface area contributed by atoms with Crippen LogP contribution in [0, 0.1) is 0 Å². The zero-order chi connectivity index (χ0) is 23.7. The lowest BCUT2D eigenvalue weighted by molar-refractivity contribution is -0.154. The van der Waals surface area contributed by atoms with Gasteiger partial charge in [0.15, 0.2) is 6.61 Å². The number of likely N-dealkylation sites (N-methyl/N-ethyl adjacent to an activating group) is 1. The summed E-state index contributed by atoms with van der Waals surface area (Å²) in [4.78, 5) is 63.4. The highest BCUT2D eigenvalue weighted by molar-refractivity contribution is 6.43. The van der Waals surface area contributed by atoms with Crippen LogP contribution in [0.3, 0.4) is 0 Å². The molecule has 11 heteroatoms. The number of nitrogens with one attached hydrogen (secondary N) is 1. The Balaban J connectivity index is 1.97. The van der Waals surface area contributed by atoms with E-state index in [1.165, 1.54) is 26.1 Å². The van der Waals surface area contributed by atoms with Gasteiger partial charge in [0.25, 0.3) is 17.7 Å². The fraction of sp³-hybridized carbons (Fsp3) is 0.450. The van der Waals surface area contributed by atoms with Crippen molar-refractivity contribution in [2.24, 2.45) is 0 Å². The van der Waals surface area contributed by atoms with Crippen molar-refractivity contribution >= 4 is 52.8 Å². The first-order valence-electron chi connectivity index (χ1n) is 9.31. The molecule has 0 bridgehead atoms. The van der Waals surface area contributed by atoms with Gasteiger partial charge in [-0.3, -0.25) is 24.1 Å². The van der Waals surface area contributed by atoms with Crippen LogP contribution < -0.4 is 5.32 Å². The summed E-state index contributed by atoms with van der Waals surface area (Å²) in [6.45, 7) is 5.84. The summed E-state index contributed by atoms with van der Waals surface area (Å²) >= 11 is 11.8. The van der Waals surface area contributed by atoms with E-state index in [1.54, 1.807) is 20.8 Å². The molecule has 0 fully saturated rings. The maximum absolute atomic E-state index is 12.6. The highest BCUT2D eigenvalue weighted by Gasteiger charge is 2.42. The van der Waals surface area contributed by atoms with Gasteiger partial charge in [0.2, 0.25) is 5.91 Å². The van der Waals surface area contributed by atoms with Crippen molar-refractivity contribution in [1.82, 2.24) is 15.1 Å². The zero-order valence-electron chi connectivity index (χ0n) is 17.7. The second kappa shape index (κ2) is 9.23. The van der Waals surface area contributed by atoms with Crippen molar-refractivity contribution in [3.05, 3.63) is 33.3 Å². The first-order chi connectivity index (χ1) is 14.2. The number of nitrogens with zero attached hydrogens (tertiary/aromatic N) is 2. The van der Waals surface area contributed by atoms with E-state index < -0.39 is 41.9 Å². The number of carbonyl (C=O) groups is 5. The number of hydrogen-bond donors (Lipinski definition) is 1. The van der Waals surface area contributed by atoms with Gasteiger partial charge in [-0.2, -0.15) is 0 Å². The van der Waals surface area contributed by atoms with Crippen molar-refractivity contribution in [3.8, 4) is 0 Å². The number of imide groups is 1. The van der Waals surface area contributed by atoms with Crippen molar-refractivity contribution in [1.29, 1.82) is 0 Å². The van der Waals surface area contributed by atoms with Crippen LogP contribution in [0.25, 0.3) is 0 Å². The molecule has 9 nitrogen and oxygen atoms in total. The molecule has 1 aromatic carbocycles. The molecule has 2 rings (SSSR count). The Kier molecular flexibility index (Phi) is 7.33. The minimum atomic E-state index is -1.28. The Morgan fingerprint density at radius 3 is 2.03 bits per heavy atom. The third kappa shape index (κ3) is 5.74. The van der Waals surface area contributed by atoms with Crippen LogP contribution in [0.2, 0.25) is 10.0 Å². The molecule has 1 aromatic rings. The number of hydrogen-bond acceptors (Lipinski definition) is 6. The number of carbonyl (C=O) groups excluding carboxylic acids is 5. The predicted molar refractivity (Wildman–Crippen MR) is 113 cm³/mol. The average molecular weight is 472 g/mol. The Morgan fingerprint density at radius 2 is 1.58 bits per heavy atom. The monoisotopic (exact) mass is 471 g/mol. The molecule has 0 radical (unpaired) electrons. The van der Waals surface area contributed by atoms with Gasteiger partial charge in [0, 0.05) is 12.6 Å². The summed E-state index contributed by atoms with van der Waals surface area (Å²) in [6.07, 6.45) is 0. The van der Waals surface area contributed by atoms with Crippen LogP contribution >= 0.6 is 23.2 Å². The van der Waals surface area contributed by atoms with Gasteiger partial charge in [0.1, 0.15) is 6.04 Å². The van der Waals surface area contributed by atoms with E-state index in [9.17, 15) is 24.0 Å². The lowest BCUT2D eigenvalue weighted by atomic mass is 10.1. The molecule has 31 heavy (non-hydrogen) atoms. The molecule has 0 aromatic heterocycles. The minimum absolute atomic E-state index is 0.0275. The highest BCUT2D eigenvalue weighted by atomic mass is 35.5. The first kappa shape index (κ1) is 24.6. The van der Waals surface area contributed by atoms with E-state index in [4.69, 9.17) is 27.9 Å². The van der Waals surface area contributed by atoms with Crippen LogP contribution in [0.15, 0.2) is 12.1 Å². The first-order valence-corrected chi connectivity index (χ1v) is 10.1. The van der Waals surface area contributed by atoms with Crippen LogP contribution in [-0.2, 0) is 19.1 Å². The molecular formula is C20H23Cl2N3O6. The molecular weight excluding hydrogens is 449 g/mol. The Morgan fingerprint density at radius 1 is 1.10 bits per heavy atom. The van der Waals surface area contributed by atoms with Crippen molar-refractivity contribution in [3.63, 3.8) is 0 Å². The quantitative estimate of drug-likeness (QED) is 0.500. The summed E-state index contributed by atoms with van der Waals surface area (Å²) in [6, 6.07) is 1.24. The van der Waals surface area contributed by atoms with Crippen molar-refractivity contribution in [2.75, 3.05) is 20.2 Å². The summed E-state index contributed by atoms with van der Waals surface area (Å²) in [5.41, 5.74) is -0.400. The van der Waals surface area contributed by atoms with E-state index in [-0.39, 0.29) is 33.6 Å². The molecule has 0 saturated heterocycles. The molecule has 1 atom stereocenters. The van der Waals surface area contributed by atoms with Crippen LogP contribution in [0.1, 0.15) is 48.4 Å². The lowest BCUT2D eigenvalue weighted by Crippen LogP contribution is -2.47. The lowest BCUT2D eigenvalue weighted by Gasteiger charge is -2.24. The predicted octanol–water partition coefficient (Wildman–Crippen LogP) is 1.89. The van der Waals surface area contributed by atoms with E-state index in [1.807, 2.05) is 0 Å². The third-order valence-corrected chi connectivity index (χ3v) is 5.07. The minimum Gasteiger partial charge on any atom is -0.454 e. The number of ether oxygens (including phenoxy) is 1. The smallest absolute Gasteiger partial charge is 0.329 e. The maximum atomic E-state index is 12.6. The Labute approximate surface area is 189 Å². The SMILES string of the molecule is C[C@@H](C(=O)OCC(=O)N(C)CC(=O)NC(C)(C)C)N1C(=O)c2cc(Cl)c(Cl)cc2C1=O. The molecule has 1 N–H and O–H groups in total. The average Bonchev–Trinajstić information content (AvgIpc) is 2.87. The van der Waals surface area contributed by atoms with Crippen molar-refractivity contribution in [2.45, 2.75) is 39.3 Å². The summed E-state index contributed by atoms with van der Waals surface area (Å²) in [7, 11) is 1.39. The summed E-state index contributed by atoms with van der Waals surface area (Å²) < 4.78 is 4.96. The molecule has 1 heterocycles. The number of fused-ring (bicyclic) bond motifs is 1. The summed E-state index contributed by atoms with van der Waals surface area (Å²) in [5.74, 6) is -3.37. The number of halogens is 2. The Hall–Kier alpha value is -2.65. The fourth-order valence-corrected chi connectivity index (χ4v) is 3.16. The largest absolute Gasteiger partial charge is 0.454 e. The van der Waals surface area contributed by atoms with E-state index >= 15 is 0 Å². The zero-order valence-corrected chi connectivity index (χ0v) is 19.3. The van der Waals surface area contributed by atoms with Gasteiger partial charge < -0.3 is 15.0 Å². The second-order valence-electron chi connectivity index (χ2n) is 8.12. The number of rotatable bonds is 6. The van der Waals surface area contributed by atoms with Crippen molar-refractivity contribution < 1.29 is 28.7 Å². The topological polar surface area (TPSA) is 113 Å². The van der Waals surface area contributed by atoms with Gasteiger partial charge in [-0.05, 0) is 39.8 Å². The molecule has 168 valence electrons. The van der Waals surface area contributed by atoms with Gasteiger partial charge in [-0.15, -0.1) is 0 Å². The van der Waals surface area contributed by atoms with Crippen LogP contribution in [0.5, 0.6) is 0 Å². The number of esters is 1. The molecule has 0 aliphatic carbocycles. The van der Waals surface area contributed by atoms with E-state index in [0.29, 0.717) is 0 Å². The van der Waals surface area contributed by atoms with Gasteiger partial charge in [0.05, 0.1) is 27.7 Å². The number of benzene rings is 1. The maximum Gasteiger partial charge on any atom is 0.329 e. The molecule has 0 unspecified atom stereocenters. The second-order valence-corrected chi connectivity index (χ2v) is 8.94. The van der Waals surface area contributed by atoms with Crippen LogP contribution in [-0.4, -0.2) is 71.2 Å². The number of amides is 4. The summed E-state index contributed by atoms with van der Waals surface area (Å²) in [5, 5.41) is 2.91. The van der Waals surface area contributed by atoms with E-state index in [0.717, 1.165) is 9.80 Å². The van der Waals surface area contributed by atoms with Crippen LogP contribution in [0.4, 0.5) is 0 Å². The van der Waals surface area contributed by atoms with E-state index in [2.05, 4.69) is 5.32 Å². The van der Waals surface area contributed by atoms with Gasteiger partial charge in [-0.1, -0.05) is 23.2 Å². The molecule has 0 saturated carbocycles. The normalized spacial score (nSPS) is 14.2. The third-order valence-electron chi connectivity index (χ3n) is 4.35.